The first-order chi connectivity index (χ1) is 15.0. The third-order valence-corrected chi connectivity index (χ3v) is 4.28. The third kappa shape index (κ3) is 13.7. The van der Waals surface area contributed by atoms with E-state index in [-0.39, 0.29) is 0 Å². The van der Waals surface area contributed by atoms with E-state index in [0.717, 1.165) is 45.2 Å². The highest BCUT2D eigenvalue weighted by Crippen LogP contribution is 2.11. The van der Waals surface area contributed by atoms with Gasteiger partial charge >= 0.3 is 0 Å². The number of carbonyl (C=O) groups is 1. The normalized spacial score (nSPS) is 9.52. The molecule has 0 atom stereocenters. The fourth-order valence-corrected chi connectivity index (χ4v) is 2.64. The van der Waals surface area contributed by atoms with Crippen molar-refractivity contribution in [2.45, 2.75) is 40.2 Å². The summed E-state index contributed by atoms with van der Waals surface area (Å²) in [6.45, 7) is 7.72. The number of nitrogens with one attached hydrogen (secondary N) is 1. The summed E-state index contributed by atoms with van der Waals surface area (Å²) < 4.78 is 5.36. The van der Waals surface area contributed by atoms with Crippen LogP contribution < -0.4 is 5.32 Å². The molecule has 3 aromatic rings. The molecule has 2 N–H and O–H groups in total. The lowest BCUT2D eigenvalue weighted by Gasteiger charge is -2.08. The molecule has 31 heavy (non-hydrogen) atoms. The Hall–Kier alpha value is -3.11. The van der Waals surface area contributed by atoms with E-state index in [9.17, 15) is 0 Å². The van der Waals surface area contributed by atoms with Gasteiger partial charge in [0.2, 0.25) is 0 Å². The predicted molar refractivity (Wildman–Crippen MR) is 130 cm³/mol. The van der Waals surface area contributed by atoms with E-state index in [4.69, 9.17) is 14.6 Å². The van der Waals surface area contributed by atoms with Crippen LogP contribution in [-0.4, -0.2) is 24.3 Å². The first-order valence-electron chi connectivity index (χ1n) is 10.7. The number of aliphatic carboxylic acids is 1. The molecule has 0 saturated heterocycles. The van der Waals surface area contributed by atoms with Crippen LogP contribution in [0.2, 0.25) is 0 Å². The quantitative estimate of drug-likeness (QED) is 0.424. The highest BCUT2D eigenvalue weighted by Gasteiger charge is 1.96. The summed E-state index contributed by atoms with van der Waals surface area (Å²) in [5.41, 5.74) is 5.18. The number of ether oxygens (including phenoxy) is 1. The lowest BCUT2D eigenvalue weighted by Crippen LogP contribution is -2.00. The van der Waals surface area contributed by atoms with Crippen molar-refractivity contribution >= 4 is 11.7 Å². The Labute approximate surface area is 186 Å². The monoisotopic (exact) mass is 421 g/mol. The van der Waals surface area contributed by atoms with Gasteiger partial charge in [-0.05, 0) is 48.6 Å². The molecule has 0 radical (unpaired) electrons. The molecule has 166 valence electrons. The zero-order valence-electron chi connectivity index (χ0n) is 18.9. The number of aryl methyl sites for hydroxylation is 1. The van der Waals surface area contributed by atoms with Crippen molar-refractivity contribution in [3.8, 4) is 0 Å². The molecule has 0 aliphatic rings. The van der Waals surface area contributed by atoms with Gasteiger partial charge < -0.3 is 15.2 Å². The van der Waals surface area contributed by atoms with Crippen molar-refractivity contribution in [3.63, 3.8) is 0 Å². The van der Waals surface area contributed by atoms with E-state index in [1.807, 2.05) is 19.1 Å². The molecule has 0 aromatic heterocycles. The van der Waals surface area contributed by atoms with Gasteiger partial charge in [-0.2, -0.15) is 0 Å². The van der Waals surface area contributed by atoms with E-state index in [1.165, 1.54) is 16.7 Å². The molecule has 3 rings (SSSR count). The van der Waals surface area contributed by atoms with Crippen LogP contribution in [-0.2, 0) is 28.9 Å². The maximum atomic E-state index is 9.00. The fraction of sp³-hybridized carbons (Fsp3) is 0.296. The SMILES string of the molecule is CC(=O)O.CCOCCc1ccc(NCc2ccccc2)cc1.CCc1ccccc1. The smallest absolute Gasteiger partial charge is 0.300 e. The summed E-state index contributed by atoms with van der Waals surface area (Å²) in [5.74, 6) is -0.833. The molecule has 4 heteroatoms. The number of anilines is 1. The molecular weight excluding hydrogens is 386 g/mol. The minimum absolute atomic E-state index is 0.788. The Morgan fingerprint density at radius 2 is 1.32 bits per heavy atom. The molecule has 0 fully saturated rings. The van der Waals surface area contributed by atoms with Crippen molar-refractivity contribution in [2.75, 3.05) is 18.5 Å². The zero-order chi connectivity index (χ0) is 22.7. The Morgan fingerprint density at radius 3 is 1.77 bits per heavy atom. The van der Waals surface area contributed by atoms with Crippen LogP contribution in [0.3, 0.4) is 0 Å². The summed E-state index contributed by atoms with van der Waals surface area (Å²) in [7, 11) is 0. The second-order valence-corrected chi connectivity index (χ2v) is 6.84. The van der Waals surface area contributed by atoms with Crippen LogP contribution in [0, 0.1) is 0 Å². The Balaban J connectivity index is 0.000000329. The van der Waals surface area contributed by atoms with Crippen molar-refractivity contribution in [1.82, 2.24) is 0 Å². The van der Waals surface area contributed by atoms with Crippen LogP contribution in [0.4, 0.5) is 5.69 Å². The van der Waals surface area contributed by atoms with E-state index in [2.05, 4.69) is 85.0 Å². The molecule has 0 amide bonds. The molecule has 0 unspecified atom stereocenters. The first-order valence-corrected chi connectivity index (χ1v) is 10.7. The average molecular weight is 422 g/mol. The summed E-state index contributed by atoms with van der Waals surface area (Å²) in [4.78, 5) is 9.00. The van der Waals surface area contributed by atoms with E-state index >= 15 is 0 Å². The summed E-state index contributed by atoms with van der Waals surface area (Å²) in [6.07, 6.45) is 2.12. The van der Waals surface area contributed by atoms with Crippen molar-refractivity contribution in [3.05, 3.63) is 102 Å². The van der Waals surface area contributed by atoms with Gasteiger partial charge in [0.15, 0.2) is 0 Å². The molecule has 0 bridgehead atoms. The lowest BCUT2D eigenvalue weighted by molar-refractivity contribution is -0.134. The Kier molecular flexibility index (Phi) is 13.9. The van der Waals surface area contributed by atoms with E-state index in [0.29, 0.717) is 0 Å². The molecule has 0 heterocycles. The number of carboxylic acid groups (broad SMARTS) is 1. The Morgan fingerprint density at radius 1 is 0.806 bits per heavy atom. The van der Waals surface area contributed by atoms with E-state index in [1.54, 1.807) is 0 Å². The van der Waals surface area contributed by atoms with Gasteiger partial charge in [-0.25, -0.2) is 0 Å². The number of hydrogen-bond acceptors (Lipinski definition) is 3. The predicted octanol–water partition coefficient (Wildman–Crippen LogP) is 6.22. The van der Waals surface area contributed by atoms with Gasteiger partial charge in [0.25, 0.3) is 5.97 Å². The number of hydrogen-bond donors (Lipinski definition) is 2. The maximum absolute atomic E-state index is 9.00. The van der Waals surface area contributed by atoms with Crippen LogP contribution in [0.15, 0.2) is 84.9 Å². The summed E-state index contributed by atoms with van der Waals surface area (Å²) >= 11 is 0. The molecule has 0 spiro atoms. The van der Waals surface area contributed by atoms with Gasteiger partial charge in [-0.15, -0.1) is 0 Å². The third-order valence-electron chi connectivity index (χ3n) is 4.28. The Bertz CT molecular complexity index is 814. The second kappa shape index (κ2) is 16.7. The maximum Gasteiger partial charge on any atom is 0.300 e. The number of rotatable bonds is 8. The largest absolute Gasteiger partial charge is 0.481 e. The lowest BCUT2D eigenvalue weighted by atomic mass is 10.1. The summed E-state index contributed by atoms with van der Waals surface area (Å²) in [5, 5.41) is 10.8. The molecule has 0 saturated carbocycles. The minimum atomic E-state index is -0.833. The standard InChI is InChI=1S/C17H21NO.C8H10.C2H4O2/c1-2-19-13-12-15-8-10-17(11-9-15)18-14-16-6-4-3-5-7-16;1-2-8-6-4-3-5-7-8;1-2(3)4/h3-11,18H,2,12-14H2,1H3;3-7H,2H2,1H3;1H3,(H,3,4). The molecule has 0 aliphatic heterocycles. The molecule has 4 nitrogen and oxygen atoms in total. The highest BCUT2D eigenvalue weighted by atomic mass is 16.5. The van der Waals surface area contributed by atoms with Gasteiger partial charge in [0.05, 0.1) is 6.61 Å². The van der Waals surface area contributed by atoms with E-state index < -0.39 is 5.97 Å². The number of carboxylic acids is 1. The average Bonchev–Trinajstić information content (AvgIpc) is 2.80. The van der Waals surface area contributed by atoms with Gasteiger partial charge in [-0.3, -0.25) is 4.79 Å². The van der Waals surface area contributed by atoms with Crippen LogP contribution >= 0.6 is 0 Å². The minimum Gasteiger partial charge on any atom is -0.481 e. The second-order valence-electron chi connectivity index (χ2n) is 6.84. The zero-order valence-corrected chi connectivity index (χ0v) is 18.9. The van der Waals surface area contributed by atoms with Gasteiger partial charge in [0, 0.05) is 25.8 Å². The highest BCUT2D eigenvalue weighted by molar-refractivity contribution is 5.62. The molecular formula is C27H35NO3. The molecule has 0 aliphatic carbocycles. The van der Waals surface area contributed by atoms with Gasteiger partial charge in [-0.1, -0.05) is 79.7 Å². The summed E-state index contributed by atoms with van der Waals surface area (Å²) in [6, 6.07) is 29.5. The number of benzene rings is 3. The van der Waals surface area contributed by atoms with Crippen LogP contribution in [0.1, 0.15) is 37.5 Å². The van der Waals surface area contributed by atoms with Crippen LogP contribution in [0.25, 0.3) is 0 Å². The first kappa shape index (κ1) is 25.9. The fourth-order valence-electron chi connectivity index (χ4n) is 2.64. The van der Waals surface area contributed by atoms with Gasteiger partial charge in [0.1, 0.15) is 0 Å². The molecule has 3 aromatic carbocycles. The van der Waals surface area contributed by atoms with Crippen molar-refractivity contribution in [2.24, 2.45) is 0 Å². The van der Waals surface area contributed by atoms with Crippen LogP contribution in [0.5, 0.6) is 0 Å². The van der Waals surface area contributed by atoms with Crippen molar-refractivity contribution in [1.29, 1.82) is 0 Å². The topological polar surface area (TPSA) is 58.6 Å². The van der Waals surface area contributed by atoms with Crippen molar-refractivity contribution < 1.29 is 14.6 Å².